The van der Waals surface area contributed by atoms with Gasteiger partial charge in [0.05, 0.1) is 5.60 Å². The molecule has 8 nitrogen and oxygen atoms in total. The number of piperazine rings is 1. The normalized spacial score (nSPS) is 25.7. The second-order valence-electron chi connectivity index (χ2n) is 12.8. The van der Waals surface area contributed by atoms with E-state index in [1.54, 1.807) is 0 Å². The lowest BCUT2D eigenvalue weighted by Gasteiger charge is -2.52. The van der Waals surface area contributed by atoms with Crippen molar-refractivity contribution in [2.24, 2.45) is 5.92 Å². The van der Waals surface area contributed by atoms with E-state index in [0.29, 0.717) is 44.6 Å². The largest absolute Gasteiger partial charge is 0.390 e. The third-order valence-corrected chi connectivity index (χ3v) is 10.0. The highest BCUT2D eigenvalue weighted by Gasteiger charge is 2.54. The summed E-state index contributed by atoms with van der Waals surface area (Å²) >= 11 is 0. The van der Waals surface area contributed by atoms with Gasteiger partial charge in [0.2, 0.25) is 11.8 Å². The first kappa shape index (κ1) is 29.1. The Morgan fingerprint density at radius 3 is 2.30 bits per heavy atom. The molecule has 1 aliphatic carbocycles. The Morgan fingerprint density at radius 2 is 1.65 bits per heavy atom. The monoisotopic (exact) mass is 552 g/mol. The summed E-state index contributed by atoms with van der Waals surface area (Å²) in [7, 11) is 0. The Kier molecular flexibility index (Phi) is 9.15. The molecule has 1 aromatic carbocycles. The van der Waals surface area contributed by atoms with Crippen LogP contribution < -0.4 is 5.32 Å². The molecule has 3 amide bonds. The van der Waals surface area contributed by atoms with Gasteiger partial charge in [-0.2, -0.15) is 0 Å². The number of unbranched alkanes of at least 4 members (excludes halogenated alkanes) is 1. The zero-order valence-corrected chi connectivity index (χ0v) is 24.3. The number of nitrogens with one attached hydrogen (secondary N) is 1. The molecule has 40 heavy (non-hydrogen) atoms. The Morgan fingerprint density at radius 1 is 0.975 bits per heavy atom. The first-order valence-electron chi connectivity index (χ1n) is 15.8. The van der Waals surface area contributed by atoms with Gasteiger partial charge >= 0.3 is 0 Å². The number of benzene rings is 1. The van der Waals surface area contributed by atoms with E-state index in [4.69, 9.17) is 0 Å². The van der Waals surface area contributed by atoms with Crippen LogP contribution in [-0.2, 0) is 9.59 Å². The Labute approximate surface area is 239 Å². The molecule has 2 N–H and O–H groups in total. The number of amides is 3. The van der Waals surface area contributed by atoms with Crippen LogP contribution in [0.15, 0.2) is 30.3 Å². The average Bonchev–Trinajstić information content (AvgIpc) is 2.98. The molecular formula is C32H48N4O4. The minimum Gasteiger partial charge on any atom is -0.390 e. The number of aliphatic hydroxyl groups is 1. The summed E-state index contributed by atoms with van der Waals surface area (Å²) in [4.78, 5) is 46.7. The number of rotatable bonds is 8. The maximum Gasteiger partial charge on any atom is 0.253 e. The van der Waals surface area contributed by atoms with Crippen molar-refractivity contribution in [3.8, 4) is 0 Å². The molecule has 0 bridgehead atoms. The predicted molar refractivity (Wildman–Crippen MR) is 155 cm³/mol. The Bertz CT molecular complexity index is 1020. The maximum atomic E-state index is 13.8. The van der Waals surface area contributed by atoms with E-state index in [1.165, 1.54) is 0 Å². The van der Waals surface area contributed by atoms with Crippen molar-refractivity contribution >= 4 is 17.7 Å². The lowest BCUT2D eigenvalue weighted by atomic mass is 9.77. The number of piperidine rings is 2. The SMILES string of the molecule is CCCCN1C(=O)[C@@H](CC2(O)CCCCC2)NC(=O)C12CCN(CC1CCN(C(=O)c3ccccc3)CC1)CC2. The van der Waals surface area contributed by atoms with Crippen LogP contribution in [0.5, 0.6) is 0 Å². The van der Waals surface area contributed by atoms with Crippen LogP contribution in [0.3, 0.4) is 0 Å². The fraction of sp³-hybridized carbons (Fsp3) is 0.719. The summed E-state index contributed by atoms with van der Waals surface area (Å²) in [5.74, 6) is 0.622. The number of likely N-dealkylation sites (tertiary alicyclic amines) is 2. The molecule has 1 atom stereocenters. The van der Waals surface area contributed by atoms with Crippen LogP contribution in [0.1, 0.15) is 94.3 Å². The quantitative estimate of drug-likeness (QED) is 0.514. The molecule has 1 saturated carbocycles. The number of carbonyl (C=O) groups is 3. The summed E-state index contributed by atoms with van der Waals surface area (Å²) in [6.07, 6.45) is 9.96. The molecular weight excluding hydrogens is 504 g/mol. The van der Waals surface area contributed by atoms with Crippen LogP contribution in [-0.4, -0.2) is 94.0 Å². The van der Waals surface area contributed by atoms with E-state index >= 15 is 0 Å². The molecule has 3 saturated heterocycles. The zero-order chi connectivity index (χ0) is 28.2. The van der Waals surface area contributed by atoms with Crippen molar-refractivity contribution in [3.05, 3.63) is 35.9 Å². The Balaban J connectivity index is 1.16. The Hall–Kier alpha value is -2.45. The summed E-state index contributed by atoms with van der Waals surface area (Å²) < 4.78 is 0. The van der Waals surface area contributed by atoms with E-state index in [2.05, 4.69) is 17.1 Å². The van der Waals surface area contributed by atoms with Gasteiger partial charge in [-0.3, -0.25) is 14.4 Å². The molecule has 1 spiro atoms. The van der Waals surface area contributed by atoms with E-state index in [1.807, 2.05) is 40.1 Å². The molecule has 4 aliphatic rings. The van der Waals surface area contributed by atoms with Gasteiger partial charge in [-0.25, -0.2) is 0 Å². The summed E-state index contributed by atoms with van der Waals surface area (Å²) in [6, 6.07) is 8.89. The summed E-state index contributed by atoms with van der Waals surface area (Å²) in [5, 5.41) is 14.2. The number of carbonyl (C=O) groups excluding carboxylic acids is 3. The van der Waals surface area contributed by atoms with E-state index in [0.717, 1.165) is 83.2 Å². The van der Waals surface area contributed by atoms with E-state index < -0.39 is 17.2 Å². The third-order valence-electron chi connectivity index (χ3n) is 10.0. The molecule has 3 aliphatic heterocycles. The molecule has 1 aromatic rings. The standard InChI is InChI=1S/C32H48N4O4/c1-2-3-18-36-29(38)27(23-31(40)14-8-5-9-15-31)33-30(39)32(36)16-21-34(22-17-32)24-25-12-19-35(20-13-25)28(37)26-10-6-4-7-11-26/h4,6-7,10-11,25,27,40H,2-3,5,8-9,12-24H2,1H3,(H,33,39)/t27-/m1/s1. The second-order valence-corrected chi connectivity index (χ2v) is 12.8. The summed E-state index contributed by atoms with van der Waals surface area (Å²) in [6.45, 7) is 6.85. The van der Waals surface area contributed by atoms with E-state index in [9.17, 15) is 19.5 Å². The van der Waals surface area contributed by atoms with Crippen LogP contribution in [0.2, 0.25) is 0 Å². The van der Waals surface area contributed by atoms with Crippen LogP contribution in [0.4, 0.5) is 0 Å². The van der Waals surface area contributed by atoms with Crippen molar-refractivity contribution < 1.29 is 19.5 Å². The van der Waals surface area contributed by atoms with Gasteiger partial charge in [0.25, 0.3) is 5.91 Å². The average molecular weight is 553 g/mol. The van der Waals surface area contributed by atoms with Gasteiger partial charge < -0.3 is 25.1 Å². The van der Waals surface area contributed by atoms with Crippen molar-refractivity contribution in [2.45, 2.75) is 101 Å². The van der Waals surface area contributed by atoms with Crippen molar-refractivity contribution in [1.82, 2.24) is 20.0 Å². The van der Waals surface area contributed by atoms with Gasteiger partial charge in [-0.15, -0.1) is 0 Å². The fourth-order valence-corrected chi connectivity index (χ4v) is 7.50. The molecule has 220 valence electrons. The smallest absolute Gasteiger partial charge is 0.253 e. The van der Waals surface area contributed by atoms with Gasteiger partial charge in [0.1, 0.15) is 11.6 Å². The number of nitrogens with zero attached hydrogens (tertiary/aromatic N) is 3. The first-order chi connectivity index (χ1) is 19.3. The third kappa shape index (κ3) is 6.23. The van der Waals surface area contributed by atoms with Crippen molar-refractivity contribution in [1.29, 1.82) is 0 Å². The number of hydrogen-bond acceptors (Lipinski definition) is 5. The predicted octanol–water partition coefficient (Wildman–Crippen LogP) is 3.59. The fourth-order valence-electron chi connectivity index (χ4n) is 7.50. The first-order valence-corrected chi connectivity index (χ1v) is 15.8. The van der Waals surface area contributed by atoms with Gasteiger partial charge in [-0.1, -0.05) is 50.8 Å². The molecule has 0 unspecified atom stereocenters. The van der Waals surface area contributed by atoms with Crippen molar-refractivity contribution in [2.75, 3.05) is 39.3 Å². The number of hydrogen-bond donors (Lipinski definition) is 2. The molecule has 5 rings (SSSR count). The lowest BCUT2D eigenvalue weighted by molar-refractivity contribution is -0.163. The van der Waals surface area contributed by atoms with Gasteiger partial charge in [0, 0.05) is 51.3 Å². The minimum absolute atomic E-state index is 0.00375. The van der Waals surface area contributed by atoms with Gasteiger partial charge in [0.15, 0.2) is 0 Å². The second kappa shape index (κ2) is 12.6. The minimum atomic E-state index is -0.850. The molecule has 0 aromatic heterocycles. The zero-order valence-electron chi connectivity index (χ0n) is 24.3. The molecule has 8 heteroatoms. The lowest BCUT2D eigenvalue weighted by Crippen LogP contribution is -2.73. The topological polar surface area (TPSA) is 93.2 Å². The van der Waals surface area contributed by atoms with Crippen LogP contribution in [0.25, 0.3) is 0 Å². The maximum absolute atomic E-state index is 13.8. The van der Waals surface area contributed by atoms with Crippen LogP contribution in [0, 0.1) is 5.92 Å². The van der Waals surface area contributed by atoms with E-state index in [-0.39, 0.29) is 17.7 Å². The molecule has 0 radical (unpaired) electrons. The summed E-state index contributed by atoms with van der Waals surface area (Å²) in [5.41, 5.74) is -0.873. The highest BCUT2D eigenvalue weighted by molar-refractivity contribution is 6.00. The highest BCUT2D eigenvalue weighted by Crippen LogP contribution is 2.38. The molecule has 4 fully saturated rings. The van der Waals surface area contributed by atoms with Gasteiger partial charge in [-0.05, 0) is 63.0 Å². The highest BCUT2D eigenvalue weighted by atomic mass is 16.3. The van der Waals surface area contributed by atoms with Crippen molar-refractivity contribution in [3.63, 3.8) is 0 Å². The molecule has 3 heterocycles. The van der Waals surface area contributed by atoms with Crippen LogP contribution >= 0.6 is 0 Å².